The first-order chi connectivity index (χ1) is 15.3. The van der Waals surface area contributed by atoms with Crippen molar-refractivity contribution in [1.29, 1.82) is 0 Å². The fourth-order valence-electron chi connectivity index (χ4n) is 4.13. The third-order valence-corrected chi connectivity index (χ3v) is 6.73. The van der Waals surface area contributed by atoms with Gasteiger partial charge in [-0.3, -0.25) is 4.99 Å². The summed E-state index contributed by atoms with van der Waals surface area (Å²) >= 11 is 0. The summed E-state index contributed by atoms with van der Waals surface area (Å²) in [4.78, 5) is 6.00. The first kappa shape index (κ1) is 28.7. The summed E-state index contributed by atoms with van der Waals surface area (Å²) in [5.74, 6) is 0. The molecule has 3 nitrogen and oxygen atoms in total. The molecule has 0 amide bonds. The second-order valence-corrected chi connectivity index (χ2v) is 10.9. The van der Waals surface area contributed by atoms with Crippen LogP contribution < -0.4 is 5.32 Å². The summed E-state index contributed by atoms with van der Waals surface area (Å²) in [6.45, 7) is 25.6. The summed E-state index contributed by atoms with van der Waals surface area (Å²) < 4.78 is 13.9. The molecule has 4 heteroatoms. The fraction of sp³-hybridized carbons (Fsp3) is 0.552. The number of hydrogen-bond donors (Lipinski definition) is 1. The van der Waals surface area contributed by atoms with Crippen LogP contribution in [-0.4, -0.2) is 36.9 Å². The largest absolute Gasteiger partial charge is 0.380 e. The summed E-state index contributed by atoms with van der Waals surface area (Å²) in [6, 6.07) is 0. The molecule has 0 aromatic heterocycles. The van der Waals surface area contributed by atoms with Gasteiger partial charge in [0.25, 0.3) is 0 Å². The van der Waals surface area contributed by atoms with Crippen molar-refractivity contribution in [1.82, 2.24) is 10.2 Å². The SMILES string of the molecule is C=CN(CC(=C)/C(=C/C=C(\C)NC(C)(C)/C=C\C=N/C)CF)C(=C)C1(C)CCC(C)(C)CC1. The van der Waals surface area contributed by atoms with Gasteiger partial charge in [-0.25, -0.2) is 4.39 Å². The van der Waals surface area contributed by atoms with Crippen molar-refractivity contribution in [2.75, 3.05) is 20.3 Å². The minimum atomic E-state index is -0.568. The van der Waals surface area contributed by atoms with E-state index in [4.69, 9.17) is 0 Å². The quantitative estimate of drug-likeness (QED) is 0.243. The van der Waals surface area contributed by atoms with E-state index in [1.807, 2.05) is 36.1 Å². The summed E-state index contributed by atoms with van der Waals surface area (Å²) in [7, 11) is 1.74. The second-order valence-electron chi connectivity index (χ2n) is 10.9. The highest BCUT2D eigenvalue weighted by Crippen LogP contribution is 2.49. The van der Waals surface area contributed by atoms with Crippen molar-refractivity contribution in [2.24, 2.45) is 15.8 Å². The molecule has 0 spiro atoms. The van der Waals surface area contributed by atoms with Crippen molar-refractivity contribution >= 4 is 6.21 Å². The molecule has 0 aromatic rings. The van der Waals surface area contributed by atoms with E-state index < -0.39 is 6.67 Å². The van der Waals surface area contributed by atoms with E-state index >= 15 is 0 Å². The minimum absolute atomic E-state index is 0.0333. The van der Waals surface area contributed by atoms with Crippen molar-refractivity contribution in [3.8, 4) is 0 Å². The lowest BCUT2D eigenvalue weighted by Gasteiger charge is -2.45. The van der Waals surface area contributed by atoms with Gasteiger partial charge in [0.05, 0.1) is 0 Å². The Bertz CT molecular complexity index is 814. The molecule has 0 heterocycles. The first-order valence-corrected chi connectivity index (χ1v) is 11.9. The van der Waals surface area contributed by atoms with Gasteiger partial charge in [-0.1, -0.05) is 52.7 Å². The third-order valence-electron chi connectivity index (χ3n) is 6.73. The fourth-order valence-corrected chi connectivity index (χ4v) is 4.13. The Labute approximate surface area is 202 Å². The smallest absolute Gasteiger partial charge is 0.115 e. The Morgan fingerprint density at radius 1 is 1.12 bits per heavy atom. The van der Waals surface area contributed by atoms with E-state index in [1.165, 1.54) is 12.8 Å². The molecule has 0 aromatic carbocycles. The molecular weight excluding hydrogens is 409 g/mol. The predicted molar refractivity (Wildman–Crippen MR) is 144 cm³/mol. The van der Waals surface area contributed by atoms with E-state index in [9.17, 15) is 4.39 Å². The Balaban J connectivity index is 2.88. The lowest BCUT2D eigenvalue weighted by molar-refractivity contribution is 0.126. The molecule has 0 unspecified atom stereocenters. The van der Waals surface area contributed by atoms with Crippen LogP contribution in [0.1, 0.15) is 67.2 Å². The van der Waals surface area contributed by atoms with Crippen LogP contribution >= 0.6 is 0 Å². The van der Waals surface area contributed by atoms with Gasteiger partial charge in [0.15, 0.2) is 0 Å². The monoisotopic (exact) mass is 455 g/mol. The van der Waals surface area contributed by atoms with E-state index in [-0.39, 0.29) is 11.0 Å². The maximum atomic E-state index is 13.9. The van der Waals surface area contributed by atoms with E-state index in [0.29, 0.717) is 17.5 Å². The highest BCUT2D eigenvalue weighted by molar-refractivity contribution is 5.71. The first-order valence-electron chi connectivity index (χ1n) is 11.9. The van der Waals surface area contributed by atoms with E-state index in [1.54, 1.807) is 19.5 Å². The summed E-state index contributed by atoms with van der Waals surface area (Å²) in [5.41, 5.74) is 3.48. The molecule has 0 radical (unpaired) electrons. The molecule has 0 aliphatic heterocycles. The number of alkyl halides is 1. The highest BCUT2D eigenvalue weighted by Gasteiger charge is 2.38. The van der Waals surface area contributed by atoms with Gasteiger partial charge < -0.3 is 10.2 Å². The van der Waals surface area contributed by atoms with Gasteiger partial charge in [0.2, 0.25) is 0 Å². The predicted octanol–water partition coefficient (Wildman–Crippen LogP) is 7.53. The summed E-state index contributed by atoms with van der Waals surface area (Å²) in [6.07, 6.45) is 15.8. The number of nitrogens with one attached hydrogen (secondary N) is 1. The van der Waals surface area contributed by atoms with Crippen molar-refractivity contribution in [3.63, 3.8) is 0 Å². The average molecular weight is 456 g/mol. The average Bonchev–Trinajstić information content (AvgIpc) is 2.74. The van der Waals surface area contributed by atoms with Crippen LogP contribution in [0.3, 0.4) is 0 Å². The number of nitrogens with zero attached hydrogens (tertiary/aromatic N) is 2. The number of aliphatic imine (C=N–C) groups is 1. The van der Waals surface area contributed by atoms with Gasteiger partial charge in [0.1, 0.15) is 6.67 Å². The zero-order valence-corrected chi connectivity index (χ0v) is 22.1. The number of hydrogen-bond acceptors (Lipinski definition) is 3. The Morgan fingerprint density at radius 3 is 2.24 bits per heavy atom. The number of allylic oxidation sites excluding steroid dienone is 5. The Kier molecular flexibility index (Phi) is 10.6. The van der Waals surface area contributed by atoms with Gasteiger partial charge in [-0.2, -0.15) is 0 Å². The Hall–Kier alpha value is -2.36. The van der Waals surface area contributed by atoms with Crippen LogP contribution in [-0.2, 0) is 0 Å². The van der Waals surface area contributed by atoms with Gasteiger partial charge >= 0.3 is 0 Å². The molecule has 0 atom stereocenters. The molecule has 1 saturated carbocycles. The van der Waals surface area contributed by atoms with Crippen LogP contribution in [0, 0.1) is 10.8 Å². The number of halogens is 1. The maximum Gasteiger partial charge on any atom is 0.115 e. The topological polar surface area (TPSA) is 27.6 Å². The van der Waals surface area contributed by atoms with E-state index in [2.05, 4.69) is 64.7 Å². The van der Waals surface area contributed by atoms with Crippen molar-refractivity contribution < 1.29 is 4.39 Å². The molecule has 1 aliphatic rings. The Morgan fingerprint density at radius 2 is 1.73 bits per heavy atom. The van der Waals surface area contributed by atoms with Crippen molar-refractivity contribution in [3.05, 3.63) is 72.8 Å². The van der Waals surface area contributed by atoms with E-state index in [0.717, 1.165) is 29.8 Å². The molecule has 1 aliphatic carbocycles. The molecule has 0 saturated heterocycles. The lowest BCUT2D eigenvalue weighted by atomic mass is 9.64. The zero-order valence-electron chi connectivity index (χ0n) is 22.1. The van der Waals surface area contributed by atoms with Gasteiger partial charge in [-0.15, -0.1) is 0 Å². The standard InChI is InChI=1S/C29H46FN3/c1-11-33(25(4)29(9)18-16-27(5,6)17-19-29)22-23(2)26(21-30)14-13-24(3)32-28(7,8)15-12-20-31-10/h11-15,20,32H,1-2,4,16-19,21-22H2,3,5-10H3/b15-12-,24-13+,26-14+,31-20-. The van der Waals surface area contributed by atoms with Gasteiger partial charge in [0, 0.05) is 42.2 Å². The third kappa shape index (κ3) is 9.19. The van der Waals surface area contributed by atoms with Crippen LogP contribution in [0.15, 0.2) is 77.8 Å². The summed E-state index contributed by atoms with van der Waals surface area (Å²) in [5, 5.41) is 3.43. The lowest BCUT2D eigenvalue weighted by Crippen LogP contribution is -2.36. The van der Waals surface area contributed by atoms with Crippen LogP contribution in [0.4, 0.5) is 4.39 Å². The molecule has 1 fully saturated rings. The molecule has 33 heavy (non-hydrogen) atoms. The van der Waals surface area contributed by atoms with Crippen LogP contribution in [0.25, 0.3) is 0 Å². The molecule has 0 bridgehead atoms. The van der Waals surface area contributed by atoms with Crippen LogP contribution in [0.5, 0.6) is 0 Å². The van der Waals surface area contributed by atoms with Gasteiger partial charge in [-0.05, 0) is 81.4 Å². The molecule has 184 valence electrons. The van der Waals surface area contributed by atoms with Crippen molar-refractivity contribution in [2.45, 2.75) is 72.8 Å². The highest BCUT2D eigenvalue weighted by atomic mass is 19.1. The number of rotatable bonds is 12. The maximum absolute atomic E-state index is 13.9. The molecular formula is C29H46FN3. The normalized spacial score (nSPS) is 19.0. The second kappa shape index (κ2) is 12.2. The molecule has 1 rings (SSSR count). The van der Waals surface area contributed by atoms with Crippen LogP contribution in [0.2, 0.25) is 0 Å². The zero-order chi connectivity index (χ0) is 25.3. The minimum Gasteiger partial charge on any atom is -0.380 e. The molecule has 1 N–H and O–H groups in total.